The van der Waals surface area contributed by atoms with Gasteiger partial charge in [0, 0.05) is 25.1 Å². The molecule has 0 unspecified atom stereocenters. The van der Waals surface area contributed by atoms with E-state index in [9.17, 15) is 9.18 Å². The average molecular weight is 404 g/mol. The summed E-state index contributed by atoms with van der Waals surface area (Å²) in [6, 6.07) is 4.53. The van der Waals surface area contributed by atoms with Crippen LogP contribution in [-0.2, 0) is 17.8 Å². The number of aromatic nitrogens is 3. The van der Waals surface area contributed by atoms with E-state index in [-0.39, 0.29) is 36.5 Å². The standard InChI is InChI=1S/C17H22FN5O.2ClH/c18-14-8-7-12(20-16(24)6-4-9-19)11-13(14)17-22-21-15-5-2-1-3-10-23(15)17;;/h7-8,11H,1-6,9-10,19H2,(H,20,24);2*1H. The van der Waals surface area contributed by atoms with Crippen LogP contribution < -0.4 is 11.1 Å². The van der Waals surface area contributed by atoms with Crippen molar-refractivity contribution in [1.82, 2.24) is 14.8 Å². The lowest BCUT2D eigenvalue weighted by Gasteiger charge is -2.10. The van der Waals surface area contributed by atoms with Gasteiger partial charge in [0.15, 0.2) is 5.82 Å². The maximum atomic E-state index is 14.3. The summed E-state index contributed by atoms with van der Waals surface area (Å²) in [4.78, 5) is 11.8. The number of nitrogens with two attached hydrogens (primary N) is 1. The molecule has 1 aromatic carbocycles. The lowest BCUT2D eigenvalue weighted by molar-refractivity contribution is -0.116. The van der Waals surface area contributed by atoms with Crippen LogP contribution in [0.2, 0.25) is 0 Å². The van der Waals surface area contributed by atoms with Crippen molar-refractivity contribution in [3.8, 4) is 11.4 Å². The first-order valence-electron chi connectivity index (χ1n) is 8.41. The van der Waals surface area contributed by atoms with Crippen LogP contribution in [0, 0.1) is 5.82 Å². The first-order chi connectivity index (χ1) is 11.7. The van der Waals surface area contributed by atoms with Gasteiger partial charge in [-0.2, -0.15) is 0 Å². The van der Waals surface area contributed by atoms with Crippen LogP contribution in [0.25, 0.3) is 11.4 Å². The van der Waals surface area contributed by atoms with Gasteiger partial charge in [-0.3, -0.25) is 4.79 Å². The predicted octanol–water partition coefficient (Wildman–Crippen LogP) is 3.33. The second-order valence-corrected chi connectivity index (χ2v) is 6.04. The van der Waals surface area contributed by atoms with Gasteiger partial charge in [0.2, 0.25) is 5.91 Å². The molecule has 26 heavy (non-hydrogen) atoms. The van der Waals surface area contributed by atoms with Gasteiger partial charge in [0.25, 0.3) is 0 Å². The van der Waals surface area contributed by atoms with Crippen molar-refractivity contribution in [1.29, 1.82) is 0 Å². The summed E-state index contributed by atoms with van der Waals surface area (Å²) in [5.74, 6) is 0.939. The molecule has 0 spiro atoms. The minimum atomic E-state index is -0.366. The number of carbonyl (C=O) groups is 1. The fourth-order valence-corrected chi connectivity index (χ4v) is 2.94. The van der Waals surface area contributed by atoms with Crippen LogP contribution in [0.3, 0.4) is 0 Å². The molecule has 1 aliphatic rings. The zero-order valence-corrected chi connectivity index (χ0v) is 16.0. The summed E-state index contributed by atoms with van der Waals surface area (Å²) >= 11 is 0. The molecule has 0 aliphatic carbocycles. The molecule has 1 aromatic heterocycles. The molecule has 2 aromatic rings. The number of anilines is 1. The Bertz CT molecular complexity index is 738. The van der Waals surface area contributed by atoms with Crippen molar-refractivity contribution in [2.75, 3.05) is 11.9 Å². The molecule has 0 radical (unpaired) electrons. The number of hydrogen-bond acceptors (Lipinski definition) is 4. The van der Waals surface area contributed by atoms with E-state index in [0.29, 0.717) is 36.5 Å². The number of carbonyl (C=O) groups excluding carboxylic acids is 1. The summed E-state index contributed by atoms with van der Waals surface area (Å²) in [5.41, 5.74) is 6.33. The highest BCUT2D eigenvalue weighted by molar-refractivity contribution is 5.91. The fourth-order valence-electron chi connectivity index (χ4n) is 2.94. The van der Waals surface area contributed by atoms with Gasteiger partial charge in [0.1, 0.15) is 11.6 Å². The first kappa shape index (κ1) is 22.3. The summed E-state index contributed by atoms with van der Waals surface area (Å²) in [5, 5.41) is 11.2. The molecule has 0 saturated carbocycles. The van der Waals surface area contributed by atoms with E-state index >= 15 is 0 Å². The smallest absolute Gasteiger partial charge is 0.224 e. The zero-order chi connectivity index (χ0) is 16.9. The second kappa shape index (κ2) is 10.4. The van der Waals surface area contributed by atoms with Crippen molar-refractivity contribution in [2.45, 2.75) is 45.1 Å². The third-order valence-electron chi connectivity index (χ3n) is 4.21. The molecule has 3 N–H and O–H groups in total. The molecular weight excluding hydrogens is 380 g/mol. The Balaban J connectivity index is 0.00000169. The number of halogens is 3. The highest BCUT2D eigenvalue weighted by Crippen LogP contribution is 2.27. The van der Waals surface area contributed by atoms with Gasteiger partial charge < -0.3 is 15.6 Å². The maximum Gasteiger partial charge on any atom is 0.224 e. The molecule has 3 rings (SSSR count). The highest BCUT2D eigenvalue weighted by Gasteiger charge is 2.19. The third-order valence-corrected chi connectivity index (χ3v) is 4.21. The molecular formula is C17H24Cl2FN5O. The van der Waals surface area contributed by atoms with Crippen LogP contribution in [0.15, 0.2) is 18.2 Å². The fraction of sp³-hybridized carbons (Fsp3) is 0.471. The van der Waals surface area contributed by atoms with E-state index in [0.717, 1.165) is 38.1 Å². The topological polar surface area (TPSA) is 85.8 Å². The number of hydrogen-bond donors (Lipinski definition) is 2. The van der Waals surface area contributed by atoms with Crippen LogP contribution in [0.1, 0.15) is 37.9 Å². The van der Waals surface area contributed by atoms with Gasteiger partial charge in [-0.1, -0.05) is 6.42 Å². The Morgan fingerprint density at radius 1 is 1.23 bits per heavy atom. The van der Waals surface area contributed by atoms with E-state index in [4.69, 9.17) is 5.73 Å². The van der Waals surface area contributed by atoms with E-state index in [2.05, 4.69) is 15.5 Å². The lowest BCUT2D eigenvalue weighted by atomic mass is 10.1. The Labute approximate surface area is 164 Å². The number of benzene rings is 1. The number of rotatable bonds is 5. The summed E-state index contributed by atoms with van der Waals surface area (Å²) < 4.78 is 16.3. The number of aryl methyl sites for hydroxylation is 1. The monoisotopic (exact) mass is 403 g/mol. The van der Waals surface area contributed by atoms with E-state index in [1.807, 2.05) is 4.57 Å². The molecule has 6 nitrogen and oxygen atoms in total. The predicted molar refractivity (Wildman–Crippen MR) is 104 cm³/mol. The molecule has 2 heterocycles. The molecule has 0 bridgehead atoms. The Morgan fingerprint density at radius 3 is 2.81 bits per heavy atom. The van der Waals surface area contributed by atoms with Crippen molar-refractivity contribution >= 4 is 36.4 Å². The maximum absolute atomic E-state index is 14.3. The summed E-state index contributed by atoms with van der Waals surface area (Å²) in [7, 11) is 0. The SMILES string of the molecule is Cl.Cl.NCCCC(=O)Nc1ccc(F)c(-c2nnc3n2CCCCC3)c1. The number of fused-ring (bicyclic) bond motifs is 1. The molecule has 144 valence electrons. The van der Waals surface area contributed by atoms with Crippen LogP contribution in [-0.4, -0.2) is 27.2 Å². The number of amides is 1. The quantitative estimate of drug-likeness (QED) is 0.801. The van der Waals surface area contributed by atoms with Gasteiger partial charge in [0.05, 0.1) is 5.56 Å². The number of nitrogens with zero attached hydrogens (tertiary/aromatic N) is 3. The van der Waals surface area contributed by atoms with E-state index in [1.54, 1.807) is 12.1 Å². The molecule has 1 amide bonds. The zero-order valence-electron chi connectivity index (χ0n) is 14.4. The normalized spacial score (nSPS) is 13.0. The Kier molecular flexibility index (Phi) is 8.98. The largest absolute Gasteiger partial charge is 0.330 e. The summed E-state index contributed by atoms with van der Waals surface area (Å²) in [6.45, 7) is 1.26. The lowest BCUT2D eigenvalue weighted by Crippen LogP contribution is -2.13. The third kappa shape index (κ3) is 5.16. The van der Waals surface area contributed by atoms with Gasteiger partial charge in [-0.05, 0) is 44.0 Å². The van der Waals surface area contributed by atoms with Crippen molar-refractivity contribution < 1.29 is 9.18 Å². The first-order valence-corrected chi connectivity index (χ1v) is 8.41. The molecule has 9 heteroatoms. The molecule has 1 aliphatic heterocycles. The van der Waals surface area contributed by atoms with E-state index in [1.165, 1.54) is 6.07 Å². The van der Waals surface area contributed by atoms with Gasteiger partial charge >= 0.3 is 0 Å². The molecule has 0 atom stereocenters. The van der Waals surface area contributed by atoms with Crippen LogP contribution in [0.5, 0.6) is 0 Å². The van der Waals surface area contributed by atoms with Crippen molar-refractivity contribution in [3.05, 3.63) is 29.8 Å². The minimum Gasteiger partial charge on any atom is -0.330 e. The molecule has 0 saturated heterocycles. The number of nitrogens with one attached hydrogen (secondary N) is 1. The van der Waals surface area contributed by atoms with Crippen LogP contribution in [0.4, 0.5) is 10.1 Å². The Morgan fingerprint density at radius 2 is 2.04 bits per heavy atom. The van der Waals surface area contributed by atoms with Gasteiger partial charge in [-0.15, -0.1) is 35.0 Å². The van der Waals surface area contributed by atoms with Crippen molar-refractivity contribution in [2.24, 2.45) is 5.73 Å². The summed E-state index contributed by atoms with van der Waals surface area (Å²) in [6.07, 6.45) is 5.10. The van der Waals surface area contributed by atoms with Crippen molar-refractivity contribution in [3.63, 3.8) is 0 Å². The molecule has 0 fully saturated rings. The Hall–Kier alpha value is -1.70. The minimum absolute atomic E-state index is 0. The second-order valence-electron chi connectivity index (χ2n) is 6.04. The highest BCUT2D eigenvalue weighted by atomic mass is 35.5. The van der Waals surface area contributed by atoms with Crippen LogP contribution >= 0.6 is 24.8 Å². The van der Waals surface area contributed by atoms with E-state index < -0.39 is 0 Å². The van der Waals surface area contributed by atoms with Gasteiger partial charge in [-0.25, -0.2) is 4.39 Å². The average Bonchev–Trinajstić information content (AvgIpc) is 2.83.